The van der Waals surface area contributed by atoms with Gasteiger partial charge in [-0.25, -0.2) is 8.42 Å². The van der Waals surface area contributed by atoms with Crippen molar-refractivity contribution in [3.63, 3.8) is 0 Å². The lowest BCUT2D eigenvalue weighted by Gasteiger charge is -2.19. The van der Waals surface area contributed by atoms with E-state index in [0.29, 0.717) is 40.9 Å². The molecule has 0 bridgehead atoms. The number of rotatable bonds is 4. The summed E-state index contributed by atoms with van der Waals surface area (Å²) in [6, 6.07) is 10.2. The van der Waals surface area contributed by atoms with Gasteiger partial charge in [0.1, 0.15) is 13.2 Å². The lowest BCUT2D eigenvalue weighted by Crippen LogP contribution is -2.16. The molecule has 0 fully saturated rings. The van der Waals surface area contributed by atoms with Crippen LogP contribution in [0.25, 0.3) is 11.1 Å². The third kappa shape index (κ3) is 3.29. The average Bonchev–Trinajstić information content (AvgIpc) is 3.03. The molecule has 7 nitrogen and oxygen atoms in total. The topological polar surface area (TPSA) is 93.3 Å². The van der Waals surface area contributed by atoms with Crippen molar-refractivity contribution in [2.24, 2.45) is 0 Å². The Morgan fingerprint density at radius 2 is 1.86 bits per heavy atom. The number of benzene rings is 2. The molecule has 1 aliphatic heterocycles. The van der Waals surface area contributed by atoms with Gasteiger partial charge in [-0.15, -0.1) is 0 Å². The van der Waals surface area contributed by atoms with Crippen molar-refractivity contribution < 1.29 is 17.9 Å². The van der Waals surface area contributed by atoms with Gasteiger partial charge in [0, 0.05) is 16.3 Å². The standard InChI is InChI=1S/C19H18ClN3O4S/c1-11-14(20)4-3-5-17(11)28(24,25)23-19-18(12(2)21-22-19)13-6-7-15-16(10-13)27-9-8-26-15/h3-7,10H,8-9H2,1-2H3,(H2,21,22,23). The van der Waals surface area contributed by atoms with Crippen LogP contribution in [0.2, 0.25) is 5.02 Å². The number of aromatic nitrogens is 2. The van der Waals surface area contributed by atoms with Crippen molar-refractivity contribution >= 4 is 27.4 Å². The molecule has 1 aliphatic rings. The van der Waals surface area contributed by atoms with Crippen LogP contribution < -0.4 is 14.2 Å². The van der Waals surface area contributed by atoms with E-state index in [0.717, 1.165) is 11.3 Å². The maximum absolute atomic E-state index is 12.9. The summed E-state index contributed by atoms with van der Waals surface area (Å²) >= 11 is 6.08. The predicted octanol–water partition coefficient (Wildman–Crippen LogP) is 3.92. The van der Waals surface area contributed by atoms with Gasteiger partial charge in [0.2, 0.25) is 0 Å². The third-order valence-corrected chi connectivity index (χ3v) is 6.41. The highest BCUT2D eigenvalue weighted by molar-refractivity contribution is 7.92. The Balaban J connectivity index is 1.74. The lowest BCUT2D eigenvalue weighted by molar-refractivity contribution is 0.171. The quantitative estimate of drug-likeness (QED) is 0.668. The van der Waals surface area contributed by atoms with E-state index >= 15 is 0 Å². The molecule has 28 heavy (non-hydrogen) atoms. The minimum atomic E-state index is -3.87. The number of anilines is 1. The summed E-state index contributed by atoms with van der Waals surface area (Å²) < 4.78 is 39.6. The Kier molecular flexibility index (Phi) is 4.68. The van der Waals surface area contributed by atoms with Crippen LogP contribution >= 0.6 is 11.6 Å². The molecule has 2 aromatic carbocycles. The van der Waals surface area contributed by atoms with E-state index in [4.69, 9.17) is 21.1 Å². The second-order valence-corrected chi connectivity index (χ2v) is 8.46. The molecule has 2 heterocycles. The van der Waals surface area contributed by atoms with Crippen molar-refractivity contribution in [2.75, 3.05) is 17.9 Å². The minimum Gasteiger partial charge on any atom is -0.486 e. The number of sulfonamides is 1. The maximum atomic E-state index is 12.9. The molecule has 0 spiro atoms. The summed E-state index contributed by atoms with van der Waals surface area (Å²) in [5.74, 6) is 1.48. The summed E-state index contributed by atoms with van der Waals surface area (Å²) in [4.78, 5) is 0.105. The zero-order chi connectivity index (χ0) is 19.9. The summed E-state index contributed by atoms with van der Waals surface area (Å²) in [6.07, 6.45) is 0. The van der Waals surface area contributed by atoms with Crippen molar-refractivity contribution in [3.05, 3.63) is 52.7 Å². The van der Waals surface area contributed by atoms with Crippen molar-refractivity contribution in [1.82, 2.24) is 10.2 Å². The molecule has 1 aromatic heterocycles. The maximum Gasteiger partial charge on any atom is 0.263 e. The van der Waals surface area contributed by atoms with Gasteiger partial charge in [-0.05, 0) is 49.2 Å². The van der Waals surface area contributed by atoms with Crippen molar-refractivity contribution in [3.8, 4) is 22.6 Å². The fourth-order valence-corrected chi connectivity index (χ4v) is 4.63. The zero-order valence-corrected chi connectivity index (χ0v) is 16.8. The second kappa shape index (κ2) is 7.03. The normalized spacial score (nSPS) is 13.4. The highest BCUT2D eigenvalue weighted by atomic mass is 35.5. The van der Waals surface area contributed by atoms with Crippen LogP contribution in [0.15, 0.2) is 41.3 Å². The number of H-pyrrole nitrogens is 1. The third-order valence-electron chi connectivity index (χ3n) is 4.52. The molecule has 0 unspecified atom stereocenters. The van der Waals surface area contributed by atoms with Crippen LogP contribution in [0, 0.1) is 13.8 Å². The monoisotopic (exact) mass is 419 g/mol. The number of ether oxygens (including phenoxy) is 2. The lowest BCUT2D eigenvalue weighted by atomic mass is 10.1. The highest BCUT2D eigenvalue weighted by Gasteiger charge is 2.23. The molecule has 3 aromatic rings. The molecule has 0 aliphatic carbocycles. The van der Waals surface area contributed by atoms with E-state index in [1.807, 2.05) is 19.1 Å². The van der Waals surface area contributed by atoms with Crippen LogP contribution in [0.5, 0.6) is 11.5 Å². The Hall–Kier alpha value is -2.71. The van der Waals surface area contributed by atoms with Crippen LogP contribution in [0.4, 0.5) is 5.82 Å². The molecule has 0 radical (unpaired) electrons. The first-order valence-corrected chi connectivity index (χ1v) is 10.5. The van der Waals surface area contributed by atoms with E-state index < -0.39 is 10.0 Å². The number of nitrogens with zero attached hydrogens (tertiary/aromatic N) is 1. The molecule has 0 amide bonds. The molecular weight excluding hydrogens is 402 g/mol. The van der Waals surface area contributed by atoms with E-state index in [1.54, 1.807) is 25.1 Å². The van der Waals surface area contributed by atoms with E-state index in [-0.39, 0.29) is 10.7 Å². The number of aromatic amines is 1. The molecule has 9 heteroatoms. The first kappa shape index (κ1) is 18.6. The SMILES string of the molecule is Cc1[nH]nc(NS(=O)(=O)c2cccc(Cl)c2C)c1-c1ccc2c(c1)OCCO2. The van der Waals surface area contributed by atoms with Gasteiger partial charge in [-0.2, -0.15) is 5.10 Å². The molecule has 2 N–H and O–H groups in total. The Morgan fingerprint density at radius 1 is 1.11 bits per heavy atom. The molecule has 0 atom stereocenters. The van der Waals surface area contributed by atoms with Crippen LogP contribution in [0.1, 0.15) is 11.3 Å². The van der Waals surface area contributed by atoms with Crippen LogP contribution in [-0.4, -0.2) is 31.8 Å². The number of hydrogen-bond donors (Lipinski definition) is 2. The summed E-state index contributed by atoms with van der Waals surface area (Å²) in [5, 5.41) is 7.37. The average molecular weight is 420 g/mol. The smallest absolute Gasteiger partial charge is 0.263 e. The Bertz CT molecular complexity index is 1160. The van der Waals surface area contributed by atoms with Gasteiger partial charge in [0.25, 0.3) is 10.0 Å². The van der Waals surface area contributed by atoms with Gasteiger partial charge in [0.05, 0.1) is 4.90 Å². The minimum absolute atomic E-state index is 0.105. The van der Waals surface area contributed by atoms with E-state index in [2.05, 4.69) is 14.9 Å². The first-order chi connectivity index (χ1) is 13.4. The van der Waals surface area contributed by atoms with Crippen molar-refractivity contribution in [1.29, 1.82) is 0 Å². The van der Waals surface area contributed by atoms with Gasteiger partial charge < -0.3 is 9.47 Å². The molecule has 0 saturated carbocycles. The number of aryl methyl sites for hydroxylation is 1. The second-order valence-electron chi connectivity index (χ2n) is 6.40. The Morgan fingerprint density at radius 3 is 2.64 bits per heavy atom. The van der Waals surface area contributed by atoms with E-state index in [9.17, 15) is 8.42 Å². The fraction of sp³-hybridized carbons (Fsp3) is 0.211. The molecule has 146 valence electrons. The van der Waals surface area contributed by atoms with Gasteiger partial charge in [-0.1, -0.05) is 23.7 Å². The predicted molar refractivity (Wildman–Crippen MR) is 107 cm³/mol. The summed E-state index contributed by atoms with van der Waals surface area (Å²) in [5.41, 5.74) is 2.60. The van der Waals surface area contributed by atoms with Crippen LogP contribution in [0.3, 0.4) is 0 Å². The number of nitrogens with one attached hydrogen (secondary N) is 2. The van der Waals surface area contributed by atoms with Crippen LogP contribution in [-0.2, 0) is 10.0 Å². The van der Waals surface area contributed by atoms with Gasteiger partial charge in [0.15, 0.2) is 17.3 Å². The number of halogens is 1. The van der Waals surface area contributed by atoms with Crippen molar-refractivity contribution in [2.45, 2.75) is 18.7 Å². The molecule has 4 rings (SSSR count). The molecular formula is C19H18ClN3O4S. The fourth-order valence-electron chi connectivity index (χ4n) is 3.12. The largest absolute Gasteiger partial charge is 0.486 e. The van der Waals surface area contributed by atoms with Gasteiger partial charge >= 0.3 is 0 Å². The number of fused-ring (bicyclic) bond motifs is 1. The number of hydrogen-bond acceptors (Lipinski definition) is 5. The Labute approximate surface area is 167 Å². The highest BCUT2D eigenvalue weighted by Crippen LogP contribution is 2.38. The first-order valence-electron chi connectivity index (χ1n) is 8.60. The molecule has 0 saturated heterocycles. The summed E-state index contributed by atoms with van der Waals surface area (Å²) in [7, 11) is -3.87. The summed E-state index contributed by atoms with van der Waals surface area (Å²) in [6.45, 7) is 4.45. The van der Waals surface area contributed by atoms with E-state index in [1.165, 1.54) is 6.07 Å². The van der Waals surface area contributed by atoms with Gasteiger partial charge in [-0.3, -0.25) is 9.82 Å². The zero-order valence-electron chi connectivity index (χ0n) is 15.2.